The van der Waals surface area contributed by atoms with E-state index in [1.54, 1.807) is 0 Å². The lowest BCUT2D eigenvalue weighted by molar-refractivity contribution is 0.134. The van der Waals surface area contributed by atoms with Crippen LogP contribution in [0.15, 0.2) is 18.3 Å². The summed E-state index contributed by atoms with van der Waals surface area (Å²) in [4.78, 5) is 7.07. The predicted octanol–water partition coefficient (Wildman–Crippen LogP) is 2.30. The molecule has 0 saturated carbocycles. The second-order valence-electron chi connectivity index (χ2n) is 4.89. The Hall–Kier alpha value is -0.930. The van der Waals surface area contributed by atoms with Crippen molar-refractivity contribution in [2.75, 3.05) is 6.54 Å². The molecule has 17 heavy (non-hydrogen) atoms. The molecule has 1 aromatic heterocycles. The van der Waals surface area contributed by atoms with Gasteiger partial charge in [-0.1, -0.05) is 19.4 Å². The molecule has 0 spiro atoms. The van der Waals surface area contributed by atoms with E-state index in [2.05, 4.69) is 28.9 Å². The van der Waals surface area contributed by atoms with Crippen LogP contribution < -0.4 is 5.73 Å². The summed E-state index contributed by atoms with van der Waals surface area (Å²) in [7, 11) is 0. The van der Waals surface area contributed by atoms with Crippen molar-refractivity contribution < 1.29 is 0 Å². The van der Waals surface area contributed by atoms with E-state index in [4.69, 9.17) is 5.73 Å². The van der Waals surface area contributed by atoms with Crippen LogP contribution in [0.1, 0.15) is 43.9 Å². The van der Waals surface area contributed by atoms with Gasteiger partial charge < -0.3 is 5.73 Å². The van der Waals surface area contributed by atoms with Crippen molar-refractivity contribution in [2.24, 2.45) is 5.73 Å². The van der Waals surface area contributed by atoms with Crippen LogP contribution in [0.2, 0.25) is 0 Å². The lowest BCUT2D eigenvalue weighted by atomic mass is 10.00. The van der Waals surface area contributed by atoms with E-state index in [-0.39, 0.29) is 0 Å². The van der Waals surface area contributed by atoms with Crippen LogP contribution in [0.3, 0.4) is 0 Å². The molecule has 2 heterocycles. The Morgan fingerprint density at radius 3 is 2.94 bits per heavy atom. The summed E-state index contributed by atoms with van der Waals surface area (Å²) < 4.78 is 0. The summed E-state index contributed by atoms with van der Waals surface area (Å²) in [5, 5.41) is 0. The summed E-state index contributed by atoms with van der Waals surface area (Å²) >= 11 is 0. The first-order chi connectivity index (χ1) is 8.33. The van der Waals surface area contributed by atoms with E-state index < -0.39 is 0 Å². The Bertz CT molecular complexity index is 334. The molecule has 1 fully saturated rings. The van der Waals surface area contributed by atoms with Gasteiger partial charge in [-0.2, -0.15) is 0 Å². The zero-order chi connectivity index (χ0) is 12.1. The van der Waals surface area contributed by atoms with Crippen molar-refractivity contribution in [2.45, 2.75) is 51.7 Å². The standard InChI is InChI=1S/C14H23N3/c1-2-14-5-3-4-8-17(14)11-13-7-6-12(9-15)10-16-13/h6-7,10,14H,2-5,8-9,11,15H2,1H3. The minimum absolute atomic E-state index is 0.578. The maximum atomic E-state index is 5.58. The van der Waals surface area contributed by atoms with Crippen molar-refractivity contribution >= 4 is 0 Å². The van der Waals surface area contributed by atoms with E-state index in [1.807, 2.05) is 6.20 Å². The fourth-order valence-electron chi connectivity index (χ4n) is 2.61. The van der Waals surface area contributed by atoms with Gasteiger partial charge in [0.1, 0.15) is 0 Å². The van der Waals surface area contributed by atoms with Gasteiger partial charge in [0, 0.05) is 25.3 Å². The van der Waals surface area contributed by atoms with Crippen molar-refractivity contribution in [3.8, 4) is 0 Å². The molecule has 0 aromatic carbocycles. The Labute approximate surface area is 104 Å². The zero-order valence-corrected chi connectivity index (χ0v) is 10.7. The van der Waals surface area contributed by atoms with Crippen LogP contribution in [0.5, 0.6) is 0 Å². The van der Waals surface area contributed by atoms with Gasteiger partial charge in [0.25, 0.3) is 0 Å². The van der Waals surface area contributed by atoms with Gasteiger partial charge in [-0.05, 0) is 37.4 Å². The molecular weight excluding hydrogens is 210 g/mol. The highest BCUT2D eigenvalue weighted by Crippen LogP contribution is 2.21. The molecule has 2 N–H and O–H groups in total. The molecule has 0 amide bonds. The summed E-state index contributed by atoms with van der Waals surface area (Å²) in [6.45, 7) is 5.07. The molecule has 1 aliphatic heterocycles. The van der Waals surface area contributed by atoms with Gasteiger partial charge in [-0.3, -0.25) is 9.88 Å². The lowest BCUT2D eigenvalue weighted by Gasteiger charge is -2.34. The molecule has 1 aromatic rings. The molecule has 1 unspecified atom stereocenters. The second-order valence-corrected chi connectivity index (χ2v) is 4.89. The molecule has 0 radical (unpaired) electrons. The Kier molecular flexibility index (Phi) is 4.51. The number of nitrogens with zero attached hydrogens (tertiary/aromatic N) is 2. The molecule has 1 saturated heterocycles. The molecule has 1 aliphatic rings. The normalized spacial score (nSPS) is 21.6. The summed E-state index contributed by atoms with van der Waals surface area (Å²) in [6, 6.07) is 4.95. The lowest BCUT2D eigenvalue weighted by Crippen LogP contribution is -2.38. The SMILES string of the molecule is CCC1CCCCN1Cc1ccc(CN)cn1. The number of rotatable bonds is 4. The Morgan fingerprint density at radius 1 is 1.41 bits per heavy atom. The summed E-state index contributed by atoms with van der Waals surface area (Å²) in [5.41, 5.74) is 7.86. The van der Waals surface area contributed by atoms with Crippen LogP contribution in [0.25, 0.3) is 0 Å². The smallest absolute Gasteiger partial charge is 0.0544 e. The number of hydrogen-bond donors (Lipinski definition) is 1. The maximum Gasteiger partial charge on any atom is 0.0544 e. The summed E-state index contributed by atoms with van der Waals surface area (Å²) in [6.07, 6.45) is 7.21. The van der Waals surface area contributed by atoms with Crippen LogP contribution in [-0.4, -0.2) is 22.5 Å². The fraction of sp³-hybridized carbons (Fsp3) is 0.643. The van der Waals surface area contributed by atoms with Crippen molar-refractivity contribution in [3.63, 3.8) is 0 Å². The van der Waals surface area contributed by atoms with E-state index >= 15 is 0 Å². The van der Waals surface area contributed by atoms with Crippen molar-refractivity contribution in [1.29, 1.82) is 0 Å². The van der Waals surface area contributed by atoms with Gasteiger partial charge in [0.2, 0.25) is 0 Å². The maximum absolute atomic E-state index is 5.58. The Balaban J connectivity index is 1.98. The van der Waals surface area contributed by atoms with Gasteiger partial charge in [-0.25, -0.2) is 0 Å². The highest BCUT2D eigenvalue weighted by Gasteiger charge is 2.20. The average Bonchev–Trinajstić information content (AvgIpc) is 2.40. The van der Waals surface area contributed by atoms with Crippen LogP contribution >= 0.6 is 0 Å². The van der Waals surface area contributed by atoms with E-state index in [9.17, 15) is 0 Å². The zero-order valence-electron chi connectivity index (χ0n) is 10.7. The highest BCUT2D eigenvalue weighted by molar-refractivity contribution is 5.13. The average molecular weight is 233 g/mol. The molecule has 3 nitrogen and oxygen atoms in total. The minimum atomic E-state index is 0.578. The number of likely N-dealkylation sites (tertiary alicyclic amines) is 1. The third kappa shape index (κ3) is 3.27. The van der Waals surface area contributed by atoms with E-state index in [1.165, 1.54) is 37.9 Å². The van der Waals surface area contributed by atoms with Gasteiger partial charge >= 0.3 is 0 Å². The fourth-order valence-corrected chi connectivity index (χ4v) is 2.61. The quantitative estimate of drug-likeness (QED) is 0.867. The first-order valence-electron chi connectivity index (χ1n) is 6.71. The molecule has 0 bridgehead atoms. The van der Waals surface area contributed by atoms with E-state index in [0.717, 1.165) is 18.2 Å². The summed E-state index contributed by atoms with van der Waals surface area (Å²) in [5.74, 6) is 0. The van der Waals surface area contributed by atoms with Crippen LogP contribution in [0.4, 0.5) is 0 Å². The first-order valence-corrected chi connectivity index (χ1v) is 6.71. The number of hydrogen-bond acceptors (Lipinski definition) is 3. The monoisotopic (exact) mass is 233 g/mol. The number of piperidine rings is 1. The topological polar surface area (TPSA) is 42.1 Å². The third-order valence-electron chi connectivity index (χ3n) is 3.71. The predicted molar refractivity (Wildman–Crippen MR) is 70.5 cm³/mol. The van der Waals surface area contributed by atoms with Crippen molar-refractivity contribution in [1.82, 2.24) is 9.88 Å². The van der Waals surface area contributed by atoms with E-state index in [0.29, 0.717) is 6.54 Å². The van der Waals surface area contributed by atoms with Gasteiger partial charge in [0.05, 0.1) is 5.69 Å². The molecule has 94 valence electrons. The second kappa shape index (κ2) is 6.12. The third-order valence-corrected chi connectivity index (χ3v) is 3.71. The van der Waals surface area contributed by atoms with Gasteiger partial charge in [-0.15, -0.1) is 0 Å². The molecule has 3 heteroatoms. The minimum Gasteiger partial charge on any atom is -0.326 e. The Morgan fingerprint density at radius 2 is 2.29 bits per heavy atom. The largest absolute Gasteiger partial charge is 0.326 e. The highest BCUT2D eigenvalue weighted by atomic mass is 15.2. The van der Waals surface area contributed by atoms with Crippen molar-refractivity contribution in [3.05, 3.63) is 29.6 Å². The molecule has 2 rings (SSSR count). The first kappa shape index (κ1) is 12.5. The van der Waals surface area contributed by atoms with Crippen LogP contribution in [0, 0.1) is 0 Å². The van der Waals surface area contributed by atoms with Crippen LogP contribution in [-0.2, 0) is 13.1 Å². The van der Waals surface area contributed by atoms with Gasteiger partial charge in [0.15, 0.2) is 0 Å². The number of aromatic nitrogens is 1. The molecule has 0 aliphatic carbocycles. The molecular formula is C14H23N3. The molecule has 1 atom stereocenters. The number of nitrogens with two attached hydrogens (primary N) is 1. The number of pyridine rings is 1.